The second kappa shape index (κ2) is 6.57. The van der Waals surface area contributed by atoms with Gasteiger partial charge in [-0.25, -0.2) is 0 Å². The summed E-state index contributed by atoms with van der Waals surface area (Å²) in [6.45, 7) is 2.10. The Balaban J connectivity index is 1.52. The van der Waals surface area contributed by atoms with E-state index in [0.29, 0.717) is 0 Å². The maximum absolute atomic E-state index is 3.47. The monoisotopic (exact) mass is 365 g/mol. The molecule has 0 aliphatic carbocycles. The van der Waals surface area contributed by atoms with Crippen LogP contribution in [-0.2, 0) is 0 Å². The minimum atomic E-state index is 1.10. The minimum absolute atomic E-state index is 1.10. The number of fused-ring (bicyclic) bond motifs is 3. The van der Waals surface area contributed by atoms with Gasteiger partial charge in [0.1, 0.15) is 0 Å². The Morgan fingerprint density at radius 3 is 2.07 bits per heavy atom. The molecule has 0 unspecified atom stereocenters. The third-order valence-corrected chi connectivity index (χ3v) is 6.16. The van der Waals surface area contributed by atoms with E-state index < -0.39 is 0 Å². The van der Waals surface area contributed by atoms with Gasteiger partial charge in [0, 0.05) is 31.5 Å². The number of hydrogen-bond donors (Lipinski definition) is 1. The summed E-state index contributed by atoms with van der Waals surface area (Å²) in [5.41, 5.74) is 6.04. The molecular formula is C25H19NS. The highest BCUT2D eigenvalue weighted by Gasteiger charge is 2.09. The van der Waals surface area contributed by atoms with Crippen molar-refractivity contribution in [3.8, 4) is 11.1 Å². The Kier molecular flexibility index (Phi) is 3.92. The summed E-state index contributed by atoms with van der Waals surface area (Å²) in [5.74, 6) is 0. The number of hydrogen-bond acceptors (Lipinski definition) is 2. The van der Waals surface area contributed by atoms with Gasteiger partial charge in [-0.2, -0.15) is 0 Å². The standard InChI is InChI=1S/C25H19NS/c1-17-9-13-19(14-10-17)26-20-15-11-18(12-16-20)21-6-4-7-23-22-5-2-3-8-24(22)27-25(21)23/h2-16,26H,1H3. The van der Waals surface area contributed by atoms with Crippen molar-refractivity contribution in [2.45, 2.75) is 6.92 Å². The van der Waals surface area contributed by atoms with E-state index in [9.17, 15) is 0 Å². The van der Waals surface area contributed by atoms with Crippen molar-refractivity contribution in [1.29, 1.82) is 0 Å². The van der Waals surface area contributed by atoms with Gasteiger partial charge in [-0.1, -0.05) is 66.2 Å². The zero-order valence-corrected chi connectivity index (χ0v) is 15.9. The number of thiophene rings is 1. The highest BCUT2D eigenvalue weighted by atomic mass is 32.1. The molecule has 0 atom stereocenters. The number of benzene rings is 4. The first-order valence-corrected chi connectivity index (χ1v) is 9.94. The van der Waals surface area contributed by atoms with Gasteiger partial charge in [-0.3, -0.25) is 0 Å². The largest absolute Gasteiger partial charge is 0.356 e. The van der Waals surface area contributed by atoms with Gasteiger partial charge in [-0.05, 0) is 48.4 Å². The van der Waals surface area contributed by atoms with E-state index in [4.69, 9.17) is 0 Å². The molecule has 0 bridgehead atoms. The molecule has 130 valence electrons. The lowest BCUT2D eigenvalue weighted by molar-refractivity contribution is 1.45. The molecule has 0 radical (unpaired) electrons. The number of anilines is 2. The lowest BCUT2D eigenvalue weighted by Crippen LogP contribution is -1.90. The summed E-state index contributed by atoms with van der Waals surface area (Å²) in [5, 5.41) is 6.16. The number of nitrogens with one attached hydrogen (secondary N) is 1. The highest BCUT2D eigenvalue weighted by Crippen LogP contribution is 2.39. The quantitative estimate of drug-likeness (QED) is 0.344. The van der Waals surface area contributed by atoms with Crippen molar-refractivity contribution in [2.75, 3.05) is 5.32 Å². The summed E-state index contributed by atoms with van der Waals surface area (Å²) < 4.78 is 2.70. The van der Waals surface area contributed by atoms with Crippen LogP contribution in [-0.4, -0.2) is 0 Å². The van der Waals surface area contributed by atoms with Gasteiger partial charge in [0.2, 0.25) is 0 Å². The van der Waals surface area contributed by atoms with Crippen LogP contribution in [0.3, 0.4) is 0 Å². The van der Waals surface area contributed by atoms with Crippen molar-refractivity contribution >= 4 is 42.9 Å². The Morgan fingerprint density at radius 1 is 0.630 bits per heavy atom. The van der Waals surface area contributed by atoms with Crippen molar-refractivity contribution in [3.63, 3.8) is 0 Å². The molecule has 0 saturated carbocycles. The fourth-order valence-electron chi connectivity index (χ4n) is 3.51. The van der Waals surface area contributed by atoms with Crippen molar-refractivity contribution in [3.05, 3.63) is 96.6 Å². The van der Waals surface area contributed by atoms with E-state index in [1.165, 1.54) is 36.9 Å². The van der Waals surface area contributed by atoms with Crippen LogP contribution >= 0.6 is 11.3 Å². The van der Waals surface area contributed by atoms with E-state index in [2.05, 4.69) is 103 Å². The SMILES string of the molecule is Cc1ccc(Nc2ccc(-c3cccc4c3sc3ccccc34)cc2)cc1. The third-order valence-electron chi connectivity index (χ3n) is 4.94. The lowest BCUT2D eigenvalue weighted by Gasteiger charge is -2.09. The first-order valence-electron chi connectivity index (χ1n) is 9.12. The van der Waals surface area contributed by atoms with Crippen LogP contribution in [0, 0.1) is 6.92 Å². The molecule has 0 saturated heterocycles. The maximum Gasteiger partial charge on any atom is 0.0433 e. The molecule has 0 spiro atoms. The Morgan fingerprint density at radius 2 is 1.30 bits per heavy atom. The van der Waals surface area contributed by atoms with Crippen LogP contribution in [0.25, 0.3) is 31.3 Å². The van der Waals surface area contributed by atoms with E-state index >= 15 is 0 Å². The molecule has 27 heavy (non-hydrogen) atoms. The Bertz CT molecular complexity index is 1230. The maximum atomic E-state index is 3.47. The summed E-state index contributed by atoms with van der Waals surface area (Å²) >= 11 is 1.88. The molecule has 1 heterocycles. The van der Waals surface area contributed by atoms with Gasteiger partial charge in [-0.15, -0.1) is 11.3 Å². The lowest BCUT2D eigenvalue weighted by atomic mass is 10.0. The van der Waals surface area contributed by atoms with Crippen LogP contribution in [0.15, 0.2) is 91.0 Å². The summed E-state index contributed by atoms with van der Waals surface area (Å²) in [4.78, 5) is 0. The van der Waals surface area contributed by atoms with Crippen LogP contribution in [0.5, 0.6) is 0 Å². The molecule has 0 aliphatic rings. The van der Waals surface area contributed by atoms with Crippen molar-refractivity contribution in [1.82, 2.24) is 0 Å². The van der Waals surface area contributed by atoms with Crippen LogP contribution in [0.2, 0.25) is 0 Å². The van der Waals surface area contributed by atoms with Crippen molar-refractivity contribution in [2.24, 2.45) is 0 Å². The highest BCUT2D eigenvalue weighted by molar-refractivity contribution is 7.26. The second-order valence-corrected chi connectivity index (χ2v) is 7.90. The van der Waals surface area contributed by atoms with Crippen LogP contribution < -0.4 is 5.32 Å². The van der Waals surface area contributed by atoms with Gasteiger partial charge >= 0.3 is 0 Å². The van der Waals surface area contributed by atoms with E-state index in [-0.39, 0.29) is 0 Å². The number of rotatable bonds is 3. The van der Waals surface area contributed by atoms with E-state index in [1.54, 1.807) is 0 Å². The van der Waals surface area contributed by atoms with Crippen LogP contribution in [0.1, 0.15) is 5.56 Å². The summed E-state index contributed by atoms with van der Waals surface area (Å²) in [6.07, 6.45) is 0. The average molecular weight is 366 g/mol. The van der Waals surface area contributed by atoms with Gasteiger partial charge in [0.25, 0.3) is 0 Å². The summed E-state index contributed by atoms with van der Waals surface area (Å²) in [7, 11) is 0. The Hall–Kier alpha value is -3.10. The van der Waals surface area contributed by atoms with E-state index in [0.717, 1.165) is 11.4 Å². The topological polar surface area (TPSA) is 12.0 Å². The fourth-order valence-corrected chi connectivity index (χ4v) is 4.75. The average Bonchev–Trinajstić information content (AvgIpc) is 3.09. The van der Waals surface area contributed by atoms with Gasteiger partial charge in [0.15, 0.2) is 0 Å². The second-order valence-electron chi connectivity index (χ2n) is 6.85. The molecule has 1 aromatic heterocycles. The minimum Gasteiger partial charge on any atom is -0.356 e. The first kappa shape index (κ1) is 16.1. The van der Waals surface area contributed by atoms with Gasteiger partial charge < -0.3 is 5.32 Å². The predicted molar refractivity (Wildman–Crippen MR) is 119 cm³/mol. The molecular weight excluding hydrogens is 346 g/mol. The van der Waals surface area contributed by atoms with E-state index in [1.807, 2.05) is 11.3 Å². The van der Waals surface area contributed by atoms with Crippen LogP contribution in [0.4, 0.5) is 11.4 Å². The summed E-state index contributed by atoms with van der Waals surface area (Å²) in [6, 6.07) is 32.5. The molecule has 1 nitrogen and oxygen atoms in total. The normalized spacial score (nSPS) is 11.1. The molecule has 2 heteroatoms. The molecule has 4 aromatic carbocycles. The smallest absolute Gasteiger partial charge is 0.0433 e. The third kappa shape index (κ3) is 2.98. The Labute approximate surface area is 162 Å². The van der Waals surface area contributed by atoms with Crippen molar-refractivity contribution < 1.29 is 0 Å². The fraction of sp³-hybridized carbons (Fsp3) is 0.0400. The predicted octanol–water partition coefficient (Wildman–Crippen LogP) is 7.77. The molecule has 1 N–H and O–H groups in total. The molecule has 5 aromatic rings. The molecule has 5 rings (SSSR count). The molecule has 0 amide bonds. The molecule has 0 aliphatic heterocycles. The zero-order chi connectivity index (χ0) is 18.2. The van der Waals surface area contributed by atoms with Gasteiger partial charge in [0.05, 0.1) is 0 Å². The molecule has 0 fully saturated rings. The zero-order valence-electron chi connectivity index (χ0n) is 15.1. The first-order chi connectivity index (χ1) is 13.3. The number of aryl methyl sites for hydroxylation is 1.